The van der Waals surface area contributed by atoms with E-state index in [1.165, 1.54) is 28.6 Å². The second kappa shape index (κ2) is 9.13. The number of anilines is 1. The van der Waals surface area contributed by atoms with Gasteiger partial charge in [0.2, 0.25) is 10.0 Å². The van der Waals surface area contributed by atoms with Crippen molar-refractivity contribution in [3.63, 3.8) is 0 Å². The maximum absolute atomic E-state index is 12.5. The number of halogens is 2. The van der Waals surface area contributed by atoms with Crippen LogP contribution in [-0.2, 0) is 10.0 Å². The van der Waals surface area contributed by atoms with Gasteiger partial charge < -0.3 is 4.42 Å². The highest BCUT2D eigenvalue weighted by molar-refractivity contribution is 7.89. The molecule has 11 heteroatoms. The van der Waals surface area contributed by atoms with Crippen LogP contribution >= 0.6 is 23.2 Å². The zero-order valence-electron chi connectivity index (χ0n) is 16.1. The van der Waals surface area contributed by atoms with Crippen LogP contribution in [0.3, 0.4) is 0 Å². The molecule has 0 atom stereocenters. The van der Waals surface area contributed by atoms with Gasteiger partial charge in [-0.25, -0.2) is 8.42 Å². The quantitative estimate of drug-likeness (QED) is 0.553. The minimum atomic E-state index is -3.60. The van der Waals surface area contributed by atoms with Gasteiger partial charge in [0.1, 0.15) is 0 Å². The Morgan fingerprint density at radius 1 is 1.07 bits per heavy atom. The summed E-state index contributed by atoms with van der Waals surface area (Å²) in [6.45, 7) is 4.24. The fourth-order valence-electron chi connectivity index (χ4n) is 2.70. The van der Waals surface area contributed by atoms with Crippen molar-refractivity contribution in [2.75, 3.05) is 18.4 Å². The summed E-state index contributed by atoms with van der Waals surface area (Å²) >= 11 is 12.1. The van der Waals surface area contributed by atoms with Crippen molar-refractivity contribution < 1.29 is 17.6 Å². The largest absolute Gasteiger partial charge is 0.403 e. The summed E-state index contributed by atoms with van der Waals surface area (Å²) in [6.07, 6.45) is 0. The molecule has 0 radical (unpaired) electrons. The van der Waals surface area contributed by atoms with E-state index in [1.807, 2.05) is 0 Å². The van der Waals surface area contributed by atoms with E-state index >= 15 is 0 Å². The zero-order chi connectivity index (χ0) is 21.9. The van der Waals surface area contributed by atoms with Gasteiger partial charge in [-0.2, -0.15) is 4.31 Å². The van der Waals surface area contributed by atoms with Crippen molar-refractivity contribution in [1.29, 1.82) is 0 Å². The van der Waals surface area contributed by atoms with Crippen LogP contribution in [0.4, 0.5) is 6.01 Å². The summed E-state index contributed by atoms with van der Waals surface area (Å²) in [5.41, 5.74) is 0.664. The molecule has 0 spiro atoms. The standard InChI is InChI=1S/C19H18Cl2N4O4S/c1-3-25(4-2)30(27,28)14-8-5-12(6-9-14)17(26)22-19-24-23-18(29-19)15-11-13(20)7-10-16(15)21/h5-11H,3-4H2,1-2H3,(H,22,24,26). The smallest absolute Gasteiger partial charge is 0.322 e. The summed E-state index contributed by atoms with van der Waals surface area (Å²) in [5, 5.41) is 10.9. The summed E-state index contributed by atoms with van der Waals surface area (Å²) < 4.78 is 31.8. The van der Waals surface area contributed by atoms with Gasteiger partial charge in [0.25, 0.3) is 11.8 Å². The molecule has 30 heavy (non-hydrogen) atoms. The Kier molecular flexibility index (Phi) is 6.77. The molecule has 0 aliphatic heterocycles. The number of amides is 1. The number of rotatable bonds is 7. The van der Waals surface area contributed by atoms with Crippen molar-refractivity contribution >= 4 is 45.1 Å². The molecular weight excluding hydrogens is 451 g/mol. The maximum atomic E-state index is 12.5. The van der Waals surface area contributed by atoms with Gasteiger partial charge >= 0.3 is 6.01 Å². The Bertz CT molecular complexity index is 1160. The fraction of sp³-hybridized carbons (Fsp3) is 0.211. The molecule has 3 aromatic rings. The van der Waals surface area contributed by atoms with Gasteiger partial charge in [-0.3, -0.25) is 10.1 Å². The number of nitrogens with one attached hydrogen (secondary N) is 1. The predicted octanol–water partition coefficient (Wildman–Crippen LogP) is 4.33. The van der Waals surface area contributed by atoms with Crippen LogP contribution in [0.5, 0.6) is 0 Å². The van der Waals surface area contributed by atoms with Crippen molar-refractivity contribution in [3.05, 3.63) is 58.1 Å². The molecule has 1 aromatic heterocycles. The lowest BCUT2D eigenvalue weighted by atomic mass is 10.2. The van der Waals surface area contributed by atoms with Gasteiger partial charge in [0.15, 0.2) is 0 Å². The third kappa shape index (κ3) is 4.65. The summed E-state index contributed by atoms with van der Waals surface area (Å²) in [5.74, 6) is -0.437. The number of hydrogen-bond acceptors (Lipinski definition) is 6. The number of aromatic nitrogens is 2. The normalized spacial score (nSPS) is 11.6. The van der Waals surface area contributed by atoms with Gasteiger partial charge in [-0.15, -0.1) is 5.10 Å². The first-order chi connectivity index (χ1) is 14.3. The molecule has 3 rings (SSSR count). The molecule has 158 valence electrons. The van der Waals surface area contributed by atoms with E-state index in [0.717, 1.165) is 0 Å². The van der Waals surface area contributed by atoms with Crippen LogP contribution in [0.1, 0.15) is 24.2 Å². The third-order valence-electron chi connectivity index (χ3n) is 4.26. The second-order valence-electron chi connectivity index (χ2n) is 6.10. The molecule has 1 heterocycles. The highest BCUT2D eigenvalue weighted by Crippen LogP contribution is 2.30. The number of hydrogen-bond donors (Lipinski definition) is 1. The zero-order valence-corrected chi connectivity index (χ0v) is 18.4. The van der Waals surface area contributed by atoms with Crippen molar-refractivity contribution in [2.45, 2.75) is 18.7 Å². The average molecular weight is 469 g/mol. The van der Waals surface area contributed by atoms with Crippen LogP contribution in [0.2, 0.25) is 10.0 Å². The van der Waals surface area contributed by atoms with Gasteiger partial charge in [0.05, 0.1) is 15.5 Å². The number of nitrogens with zero attached hydrogens (tertiary/aromatic N) is 3. The number of sulfonamides is 1. The van der Waals surface area contributed by atoms with Crippen LogP contribution in [0.25, 0.3) is 11.5 Å². The summed E-state index contributed by atoms with van der Waals surface area (Å²) in [4.78, 5) is 12.6. The summed E-state index contributed by atoms with van der Waals surface area (Å²) in [7, 11) is -3.60. The first-order valence-electron chi connectivity index (χ1n) is 8.96. The molecule has 0 fully saturated rings. The highest BCUT2D eigenvalue weighted by atomic mass is 35.5. The lowest BCUT2D eigenvalue weighted by Crippen LogP contribution is -2.30. The van der Waals surface area contributed by atoms with E-state index in [-0.39, 0.29) is 22.4 Å². The topological polar surface area (TPSA) is 105 Å². The van der Waals surface area contributed by atoms with E-state index in [1.54, 1.807) is 32.0 Å². The molecule has 2 aromatic carbocycles. The van der Waals surface area contributed by atoms with Crippen LogP contribution in [0.15, 0.2) is 51.8 Å². The Labute approximate surface area is 183 Å². The second-order valence-corrected chi connectivity index (χ2v) is 8.89. The van der Waals surface area contributed by atoms with E-state index in [4.69, 9.17) is 27.6 Å². The SMILES string of the molecule is CCN(CC)S(=O)(=O)c1ccc(C(=O)Nc2nnc(-c3cc(Cl)ccc3Cl)o2)cc1. The van der Waals surface area contributed by atoms with Crippen LogP contribution in [-0.4, -0.2) is 41.9 Å². The molecule has 0 aliphatic carbocycles. The maximum Gasteiger partial charge on any atom is 0.322 e. The summed E-state index contributed by atoms with van der Waals surface area (Å²) in [6, 6.07) is 10.2. The minimum Gasteiger partial charge on any atom is -0.403 e. The third-order valence-corrected chi connectivity index (χ3v) is 6.89. The molecule has 8 nitrogen and oxygen atoms in total. The van der Waals surface area contributed by atoms with Crippen LogP contribution < -0.4 is 5.32 Å². The van der Waals surface area contributed by atoms with Crippen molar-refractivity contribution in [2.24, 2.45) is 0 Å². The van der Waals surface area contributed by atoms with Crippen LogP contribution in [0, 0.1) is 0 Å². The number of carbonyl (C=O) groups is 1. The Morgan fingerprint density at radius 2 is 1.73 bits per heavy atom. The monoisotopic (exact) mass is 468 g/mol. The molecule has 0 saturated heterocycles. The molecule has 0 saturated carbocycles. The molecule has 0 bridgehead atoms. The van der Waals surface area contributed by atoms with Crippen molar-refractivity contribution in [3.8, 4) is 11.5 Å². The highest BCUT2D eigenvalue weighted by Gasteiger charge is 2.22. The van der Waals surface area contributed by atoms with E-state index < -0.39 is 15.9 Å². The predicted molar refractivity (Wildman–Crippen MR) is 114 cm³/mol. The molecule has 0 unspecified atom stereocenters. The Hall–Kier alpha value is -2.46. The van der Waals surface area contributed by atoms with Gasteiger partial charge in [-0.05, 0) is 42.5 Å². The molecule has 1 amide bonds. The van der Waals surface area contributed by atoms with Crippen molar-refractivity contribution in [1.82, 2.24) is 14.5 Å². The Morgan fingerprint density at radius 3 is 2.37 bits per heavy atom. The molecule has 0 aliphatic rings. The first-order valence-corrected chi connectivity index (χ1v) is 11.2. The lowest BCUT2D eigenvalue weighted by molar-refractivity contribution is 0.102. The lowest BCUT2D eigenvalue weighted by Gasteiger charge is -2.18. The first kappa shape index (κ1) is 22.2. The Balaban J connectivity index is 1.76. The number of benzene rings is 2. The molecular formula is C19H18Cl2N4O4S. The molecule has 1 N–H and O–H groups in total. The van der Waals surface area contributed by atoms with Gasteiger partial charge in [-0.1, -0.05) is 42.1 Å². The fourth-order valence-corrected chi connectivity index (χ4v) is 4.53. The van der Waals surface area contributed by atoms with Gasteiger partial charge in [0, 0.05) is 23.7 Å². The number of carbonyl (C=O) groups excluding carboxylic acids is 1. The van der Waals surface area contributed by atoms with E-state index in [9.17, 15) is 13.2 Å². The van der Waals surface area contributed by atoms with E-state index in [2.05, 4.69) is 15.5 Å². The average Bonchev–Trinajstić information content (AvgIpc) is 3.18. The van der Waals surface area contributed by atoms with E-state index in [0.29, 0.717) is 28.7 Å². The minimum absolute atomic E-state index is 0.0958.